The molecule has 3 atom stereocenters. The zero-order valence-corrected chi connectivity index (χ0v) is 14.0. The summed E-state index contributed by atoms with van der Waals surface area (Å²) in [6.07, 6.45) is 9.55. The number of pyridine rings is 1. The molecule has 2 aliphatic carbocycles. The number of hydrogen-bond acceptors (Lipinski definition) is 3. The van der Waals surface area contributed by atoms with Crippen LogP contribution in [-0.2, 0) is 4.79 Å². The van der Waals surface area contributed by atoms with Gasteiger partial charge in [0.25, 0.3) is 0 Å². The largest absolute Gasteiger partial charge is 0.353 e. The SMILES string of the molecule is O=C(C[C@@H]1C[C@@H]2C=C[C@H]1C2)N1CCN(c2ccc(Cl)cn2)CC1. The third-order valence-electron chi connectivity index (χ3n) is 5.52. The van der Waals surface area contributed by atoms with Gasteiger partial charge in [0.05, 0.1) is 5.02 Å². The smallest absolute Gasteiger partial charge is 0.222 e. The van der Waals surface area contributed by atoms with E-state index in [0.717, 1.165) is 44.3 Å². The maximum atomic E-state index is 12.6. The van der Waals surface area contributed by atoms with Crippen molar-refractivity contribution < 1.29 is 4.79 Å². The molecule has 2 heterocycles. The highest BCUT2D eigenvalue weighted by Crippen LogP contribution is 2.45. The zero-order valence-electron chi connectivity index (χ0n) is 13.2. The molecule has 3 aliphatic rings. The van der Waals surface area contributed by atoms with Gasteiger partial charge in [0.1, 0.15) is 5.82 Å². The monoisotopic (exact) mass is 331 g/mol. The number of amides is 1. The van der Waals surface area contributed by atoms with Crippen LogP contribution in [0.25, 0.3) is 0 Å². The Morgan fingerprint density at radius 1 is 1.17 bits per heavy atom. The van der Waals surface area contributed by atoms with Crippen LogP contribution in [0.15, 0.2) is 30.5 Å². The van der Waals surface area contributed by atoms with Gasteiger partial charge in [0.2, 0.25) is 5.91 Å². The Morgan fingerprint density at radius 3 is 2.61 bits per heavy atom. The number of allylic oxidation sites excluding steroid dienone is 2. The van der Waals surface area contributed by atoms with Crippen LogP contribution in [0, 0.1) is 17.8 Å². The van der Waals surface area contributed by atoms with Gasteiger partial charge in [-0.2, -0.15) is 0 Å². The van der Waals surface area contributed by atoms with Crippen LogP contribution >= 0.6 is 11.6 Å². The molecular formula is C18H22ClN3O. The van der Waals surface area contributed by atoms with Gasteiger partial charge in [-0.25, -0.2) is 4.98 Å². The van der Waals surface area contributed by atoms with Crippen molar-refractivity contribution in [2.24, 2.45) is 17.8 Å². The van der Waals surface area contributed by atoms with Gasteiger partial charge in [-0.05, 0) is 42.7 Å². The number of carbonyl (C=O) groups excluding carboxylic acids is 1. The Labute approximate surface area is 142 Å². The van der Waals surface area contributed by atoms with Gasteiger partial charge in [0.15, 0.2) is 0 Å². The molecule has 0 unspecified atom stereocenters. The molecule has 1 saturated carbocycles. The van der Waals surface area contributed by atoms with Gasteiger partial charge < -0.3 is 9.80 Å². The van der Waals surface area contributed by atoms with Gasteiger partial charge >= 0.3 is 0 Å². The van der Waals surface area contributed by atoms with Crippen LogP contribution in [0.2, 0.25) is 5.02 Å². The fraction of sp³-hybridized carbons (Fsp3) is 0.556. The normalized spacial score (nSPS) is 29.3. The first-order valence-electron chi connectivity index (χ1n) is 8.51. The van der Waals surface area contributed by atoms with E-state index in [1.54, 1.807) is 6.20 Å². The second kappa shape index (κ2) is 6.16. The zero-order chi connectivity index (χ0) is 15.8. The average molecular weight is 332 g/mol. The number of nitrogens with zero attached hydrogens (tertiary/aromatic N) is 3. The van der Waals surface area contributed by atoms with Crippen LogP contribution in [0.1, 0.15) is 19.3 Å². The molecule has 5 heteroatoms. The van der Waals surface area contributed by atoms with Crippen molar-refractivity contribution in [2.75, 3.05) is 31.1 Å². The number of rotatable bonds is 3. The molecule has 1 saturated heterocycles. The van der Waals surface area contributed by atoms with Crippen LogP contribution < -0.4 is 4.90 Å². The minimum atomic E-state index is 0.333. The van der Waals surface area contributed by atoms with E-state index >= 15 is 0 Å². The first-order chi connectivity index (χ1) is 11.2. The molecule has 0 radical (unpaired) electrons. The van der Waals surface area contributed by atoms with E-state index in [9.17, 15) is 4.79 Å². The van der Waals surface area contributed by atoms with Crippen LogP contribution in [-0.4, -0.2) is 42.0 Å². The number of aromatic nitrogens is 1. The Morgan fingerprint density at radius 2 is 2.00 bits per heavy atom. The minimum absolute atomic E-state index is 0.333. The molecule has 2 fully saturated rings. The predicted octanol–water partition coefficient (Wildman–Crippen LogP) is 2.99. The lowest BCUT2D eigenvalue weighted by atomic mass is 9.90. The van der Waals surface area contributed by atoms with Gasteiger partial charge in [0, 0.05) is 38.8 Å². The van der Waals surface area contributed by atoms with Crippen LogP contribution in [0.4, 0.5) is 5.82 Å². The molecule has 23 heavy (non-hydrogen) atoms. The molecule has 1 aromatic heterocycles. The number of piperazine rings is 1. The number of halogens is 1. The fourth-order valence-electron chi connectivity index (χ4n) is 4.22. The molecular weight excluding hydrogens is 310 g/mol. The molecule has 4 nitrogen and oxygen atoms in total. The lowest BCUT2D eigenvalue weighted by molar-refractivity contribution is -0.132. The van der Waals surface area contributed by atoms with Crippen molar-refractivity contribution in [3.63, 3.8) is 0 Å². The third-order valence-corrected chi connectivity index (χ3v) is 5.74. The summed E-state index contributed by atoms with van der Waals surface area (Å²) in [6.45, 7) is 3.27. The highest BCUT2D eigenvalue weighted by atomic mass is 35.5. The summed E-state index contributed by atoms with van der Waals surface area (Å²) in [5.41, 5.74) is 0. The molecule has 122 valence electrons. The summed E-state index contributed by atoms with van der Waals surface area (Å²) in [5.74, 6) is 3.25. The standard InChI is InChI=1S/C18H22ClN3O/c19-16-3-4-17(20-12-16)21-5-7-22(8-6-21)18(23)11-15-10-13-1-2-14(15)9-13/h1-4,12-15H,5-11H2/t13-,14+,15+/m1/s1. The van der Waals surface area contributed by atoms with E-state index in [4.69, 9.17) is 11.6 Å². The fourth-order valence-corrected chi connectivity index (χ4v) is 4.33. The van der Waals surface area contributed by atoms with Gasteiger partial charge in [-0.3, -0.25) is 4.79 Å². The first-order valence-corrected chi connectivity index (χ1v) is 8.89. The number of fused-ring (bicyclic) bond motifs is 2. The lowest BCUT2D eigenvalue weighted by Gasteiger charge is -2.36. The quantitative estimate of drug-likeness (QED) is 0.799. The molecule has 0 aromatic carbocycles. The third kappa shape index (κ3) is 3.09. The van der Waals surface area contributed by atoms with Crippen molar-refractivity contribution in [1.29, 1.82) is 0 Å². The maximum Gasteiger partial charge on any atom is 0.222 e. The molecule has 1 aromatic rings. The minimum Gasteiger partial charge on any atom is -0.353 e. The molecule has 0 N–H and O–H groups in total. The van der Waals surface area contributed by atoms with Gasteiger partial charge in [-0.1, -0.05) is 23.8 Å². The topological polar surface area (TPSA) is 36.4 Å². The van der Waals surface area contributed by atoms with E-state index in [1.807, 2.05) is 17.0 Å². The molecule has 4 rings (SSSR count). The van der Waals surface area contributed by atoms with E-state index in [1.165, 1.54) is 12.8 Å². The van der Waals surface area contributed by atoms with E-state index in [0.29, 0.717) is 22.8 Å². The van der Waals surface area contributed by atoms with Crippen LogP contribution in [0.3, 0.4) is 0 Å². The van der Waals surface area contributed by atoms with Crippen molar-refractivity contribution in [2.45, 2.75) is 19.3 Å². The molecule has 1 amide bonds. The molecule has 2 bridgehead atoms. The average Bonchev–Trinajstić information content (AvgIpc) is 3.18. The van der Waals surface area contributed by atoms with E-state index < -0.39 is 0 Å². The van der Waals surface area contributed by atoms with Crippen molar-refractivity contribution in [3.05, 3.63) is 35.5 Å². The summed E-state index contributed by atoms with van der Waals surface area (Å²) in [5, 5.41) is 0.655. The summed E-state index contributed by atoms with van der Waals surface area (Å²) in [4.78, 5) is 21.2. The van der Waals surface area contributed by atoms with Crippen molar-refractivity contribution >= 4 is 23.3 Å². The Kier molecular flexibility index (Phi) is 4.02. The van der Waals surface area contributed by atoms with Crippen LogP contribution in [0.5, 0.6) is 0 Å². The second-order valence-corrected chi connectivity index (χ2v) is 7.38. The second-order valence-electron chi connectivity index (χ2n) is 6.95. The molecule has 0 spiro atoms. The Bertz CT molecular complexity index is 607. The summed E-state index contributed by atoms with van der Waals surface area (Å²) < 4.78 is 0. The summed E-state index contributed by atoms with van der Waals surface area (Å²) in [7, 11) is 0. The highest BCUT2D eigenvalue weighted by Gasteiger charge is 2.37. The lowest BCUT2D eigenvalue weighted by Crippen LogP contribution is -2.49. The predicted molar refractivity (Wildman–Crippen MR) is 91.5 cm³/mol. The summed E-state index contributed by atoms with van der Waals surface area (Å²) >= 11 is 5.88. The van der Waals surface area contributed by atoms with Crippen molar-refractivity contribution in [1.82, 2.24) is 9.88 Å². The maximum absolute atomic E-state index is 12.6. The number of hydrogen-bond donors (Lipinski definition) is 0. The molecule has 1 aliphatic heterocycles. The van der Waals surface area contributed by atoms with Gasteiger partial charge in [-0.15, -0.1) is 0 Å². The Hall–Kier alpha value is -1.55. The summed E-state index contributed by atoms with van der Waals surface area (Å²) in [6, 6.07) is 3.81. The first kappa shape index (κ1) is 15.0. The van der Waals surface area contributed by atoms with E-state index in [2.05, 4.69) is 22.0 Å². The Balaban J connectivity index is 1.30. The van der Waals surface area contributed by atoms with E-state index in [-0.39, 0.29) is 0 Å². The van der Waals surface area contributed by atoms with Crippen molar-refractivity contribution in [3.8, 4) is 0 Å². The highest BCUT2D eigenvalue weighted by molar-refractivity contribution is 6.30. The number of anilines is 1. The number of carbonyl (C=O) groups is 1.